The van der Waals surface area contributed by atoms with Crippen LogP contribution in [0.1, 0.15) is 28.8 Å². The SMILES string of the molecule is COC(=O)CCCNC(=O)c1ccc2c(c1)NC(=O)C2. The van der Waals surface area contributed by atoms with Crippen molar-refractivity contribution >= 4 is 23.5 Å². The van der Waals surface area contributed by atoms with Gasteiger partial charge in [0.2, 0.25) is 5.91 Å². The highest BCUT2D eigenvalue weighted by molar-refractivity contribution is 6.02. The molecule has 0 saturated heterocycles. The van der Waals surface area contributed by atoms with Crippen LogP contribution in [-0.4, -0.2) is 31.4 Å². The Balaban J connectivity index is 1.86. The molecular formula is C14H16N2O4. The van der Waals surface area contributed by atoms with Crippen LogP contribution in [-0.2, 0) is 20.7 Å². The van der Waals surface area contributed by atoms with E-state index >= 15 is 0 Å². The molecular weight excluding hydrogens is 260 g/mol. The number of rotatable bonds is 5. The van der Waals surface area contributed by atoms with Gasteiger partial charge in [-0.2, -0.15) is 0 Å². The van der Waals surface area contributed by atoms with Crippen molar-refractivity contribution in [3.05, 3.63) is 29.3 Å². The Morgan fingerprint density at radius 2 is 2.20 bits per heavy atom. The van der Waals surface area contributed by atoms with Crippen LogP contribution in [0.25, 0.3) is 0 Å². The third-order valence-corrected chi connectivity index (χ3v) is 3.07. The molecule has 20 heavy (non-hydrogen) atoms. The van der Waals surface area contributed by atoms with Crippen LogP contribution >= 0.6 is 0 Å². The summed E-state index contributed by atoms with van der Waals surface area (Å²) >= 11 is 0. The van der Waals surface area contributed by atoms with Gasteiger partial charge in [0.25, 0.3) is 5.91 Å². The number of hydrogen-bond acceptors (Lipinski definition) is 4. The highest BCUT2D eigenvalue weighted by Crippen LogP contribution is 2.23. The quantitative estimate of drug-likeness (QED) is 0.617. The second kappa shape index (κ2) is 6.18. The molecule has 1 aromatic carbocycles. The second-order valence-electron chi connectivity index (χ2n) is 4.53. The molecule has 0 aromatic heterocycles. The molecule has 0 saturated carbocycles. The summed E-state index contributed by atoms with van der Waals surface area (Å²) < 4.78 is 4.51. The Morgan fingerprint density at radius 3 is 2.95 bits per heavy atom. The maximum absolute atomic E-state index is 11.9. The maximum Gasteiger partial charge on any atom is 0.305 e. The molecule has 0 bridgehead atoms. The summed E-state index contributed by atoms with van der Waals surface area (Å²) in [5, 5.41) is 5.42. The van der Waals surface area contributed by atoms with E-state index in [1.54, 1.807) is 18.2 Å². The normalized spacial score (nSPS) is 12.6. The lowest BCUT2D eigenvalue weighted by Crippen LogP contribution is -2.25. The molecule has 1 aliphatic rings. The van der Waals surface area contributed by atoms with E-state index in [1.807, 2.05) is 0 Å². The number of fused-ring (bicyclic) bond motifs is 1. The van der Waals surface area contributed by atoms with Gasteiger partial charge < -0.3 is 15.4 Å². The highest BCUT2D eigenvalue weighted by Gasteiger charge is 2.18. The Bertz CT molecular complexity index is 554. The van der Waals surface area contributed by atoms with Crippen molar-refractivity contribution in [2.45, 2.75) is 19.3 Å². The van der Waals surface area contributed by atoms with Crippen LogP contribution in [0.5, 0.6) is 0 Å². The van der Waals surface area contributed by atoms with Gasteiger partial charge in [0.05, 0.1) is 13.5 Å². The smallest absolute Gasteiger partial charge is 0.305 e. The number of methoxy groups -OCH3 is 1. The van der Waals surface area contributed by atoms with Crippen molar-refractivity contribution in [3.63, 3.8) is 0 Å². The van der Waals surface area contributed by atoms with Gasteiger partial charge in [0.1, 0.15) is 0 Å². The van der Waals surface area contributed by atoms with Crippen LogP contribution in [0, 0.1) is 0 Å². The first-order valence-corrected chi connectivity index (χ1v) is 6.38. The van der Waals surface area contributed by atoms with Crippen molar-refractivity contribution < 1.29 is 19.1 Å². The molecule has 1 aliphatic heterocycles. The number of hydrogen-bond donors (Lipinski definition) is 2. The molecule has 106 valence electrons. The number of nitrogens with one attached hydrogen (secondary N) is 2. The molecule has 0 unspecified atom stereocenters. The monoisotopic (exact) mass is 276 g/mol. The van der Waals surface area contributed by atoms with E-state index in [4.69, 9.17) is 0 Å². The molecule has 0 fully saturated rings. The van der Waals surface area contributed by atoms with E-state index in [1.165, 1.54) is 7.11 Å². The van der Waals surface area contributed by atoms with Crippen molar-refractivity contribution in [1.29, 1.82) is 0 Å². The van der Waals surface area contributed by atoms with Crippen LogP contribution in [0.3, 0.4) is 0 Å². The lowest BCUT2D eigenvalue weighted by molar-refractivity contribution is -0.140. The predicted octanol–water partition coefficient (Wildman–Crippen LogP) is 0.864. The molecule has 6 heteroatoms. The molecule has 0 radical (unpaired) electrons. The first kappa shape index (κ1) is 14.0. The summed E-state index contributed by atoms with van der Waals surface area (Å²) in [4.78, 5) is 34.0. The molecule has 2 amide bonds. The number of amides is 2. The zero-order valence-corrected chi connectivity index (χ0v) is 11.2. The first-order chi connectivity index (χ1) is 9.60. The van der Waals surface area contributed by atoms with Crippen LogP contribution in [0.15, 0.2) is 18.2 Å². The van der Waals surface area contributed by atoms with E-state index in [0.717, 1.165) is 5.56 Å². The Hall–Kier alpha value is -2.37. The van der Waals surface area contributed by atoms with Gasteiger partial charge in [-0.3, -0.25) is 14.4 Å². The van der Waals surface area contributed by atoms with Gasteiger partial charge in [-0.05, 0) is 24.1 Å². The number of carbonyl (C=O) groups excluding carboxylic acids is 3. The number of ether oxygens (including phenoxy) is 1. The molecule has 2 rings (SSSR count). The average Bonchev–Trinajstić information content (AvgIpc) is 2.81. The molecule has 0 spiro atoms. The fourth-order valence-corrected chi connectivity index (χ4v) is 1.99. The number of benzene rings is 1. The fourth-order valence-electron chi connectivity index (χ4n) is 1.99. The van der Waals surface area contributed by atoms with E-state index in [2.05, 4.69) is 15.4 Å². The zero-order valence-electron chi connectivity index (χ0n) is 11.2. The summed E-state index contributed by atoms with van der Waals surface area (Å²) in [6, 6.07) is 5.13. The third-order valence-electron chi connectivity index (χ3n) is 3.07. The van der Waals surface area contributed by atoms with Gasteiger partial charge >= 0.3 is 5.97 Å². The fraction of sp³-hybridized carbons (Fsp3) is 0.357. The summed E-state index contributed by atoms with van der Waals surface area (Å²) in [5.41, 5.74) is 2.08. The van der Waals surface area contributed by atoms with Crippen LogP contribution < -0.4 is 10.6 Å². The predicted molar refractivity (Wildman–Crippen MR) is 72.4 cm³/mol. The first-order valence-electron chi connectivity index (χ1n) is 6.38. The lowest BCUT2D eigenvalue weighted by Gasteiger charge is -2.06. The van der Waals surface area contributed by atoms with E-state index in [0.29, 0.717) is 30.6 Å². The van der Waals surface area contributed by atoms with Gasteiger partial charge in [-0.15, -0.1) is 0 Å². The molecule has 2 N–H and O–H groups in total. The van der Waals surface area contributed by atoms with Gasteiger partial charge in [-0.25, -0.2) is 0 Å². The van der Waals surface area contributed by atoms with Crippen molar-refractivity contribution in [2.75, 3.05) is 19.0 Å². The molecule has 0 aliphatic carbocycles. The van der Waals surface area contributed by atoms with E-state index in [9.17, 15) is 14.4 Å². The van der Waals surface area contributed by atoms with Gasteiger partial charge in [0, 0.05) is 24.2 Å². The highest BCUT2D eigenvalue weighted by atomic mass is 16.5. The molecule has 1 aromatic rings. The third kappa shape index (κ3) is 3.34. The molecule has 0 atom stereocenters. The molecule has 6 nitrogen and oxygen atoms in total. The number of anilines is 1. The second-order valence-corrected chi connectivity index (χ2v) is 4.53. The largest absolute Gasteiger partial charge is 0.469 e. The minimum atomic E-state index is -0.292. The summed E-state index contributed by atoms with van der Waals surface area (Å²) in [5.74, 6) is -0.575. The Morgan fingerprint density at radius 1 is 1.40 bits per heavy atom. The minimum absolute atomic E-state index is 0.0596. The van der Waals surface area contributed by atoms with E-state index < -0.39 is 0 Å². The average molecular weight is 276 g/mol. The van der Waals surface area contributed by atoms with Gasteiger partial charge in [-0.1, -0.05) is 6.07 Å². The van der Waals surface area contributed by atoms with E-state index in [-0.39, 0.29) is 24.2 Å². The van der Waals surface area contributed by atoms with Crippen molar-refractivity contribution in [1.82, 2.24) is 5.32 Å². The maximum atomic E-state index is 11.9. The molecule has 1 heterocycles. The standard InChI is InChI=1S/C14H16N2O4/c1-20-13(18)3-2-6-15-14(19)10-5-4-9-8-12(17)16-11(9)7-10/h4-5,7H,2-3,6,8H2,1H3,(H,15,19)(H,16,17). The summed E-state index contributed by atoms with van der Waals surface area (Å²) in [6.07, 6.45) is 1.16. The van der Waals surface area contributed by atoms with Crippen LogP contribution in [0.4, 0.5) is 5.69 Å². The summed E-state index contributed by atoms with van der Waals surface area (Å²) in [7, 11) is 1.33. The summed E-state index contributed by atoms with van der Waals surface area (Å²) in [6.45, 7) is 0.400. The van der Waals surface area contributed by atoms with Gasteiger partial charge in [0.15, 0.2) is 0 Å². The number of carbonyl (C=O) groups is 3. The minimum Gasteiger partial charge on any atom is -0.469 e. The lowest BCUT2D eigenvalue weighted by atomic mass is 10.1. The Kier molecular flexibility index (Phi) is 4.34. The van der Waals surface area contributed by atoms with Crippen molar-refractivity contribution in [2.24, 2.45) is 0 Å². The topological polar surface area (TPSA) is 84.5 Å². The van der Waals surface area contributed by atoms with Crippen LogP contribution in [0.2, 0.25) is 0 Å². The van der Waals surface area contributed by atoms with Crippen molar-refractivity contribution in [3.8, 4) is 0 Å². The Labute approximate surface area is 116 Å². The number of esters is 1. The zero-order chi connectivity index (χ0) is 14.5.